The van der Waals surface area contributed by atoms with E-state index in [1.807, 2.05) is 0 Å². The van der Waals surface area contributed by atoms with Crippen LogP contribution in [-0.4, -0.2) is 37.8 Å². The Kier molecular flexibility index (Phi) is 4.35. The second kappa shape index (κ2) is 6.72. The second-order valence-electron chi connectivity index (χ2n) is 6.40. The van der Waals surface area contributed by atoms with Gasteiger partial charge < -0.3 is 24.7 Å². The van der Waals surface area contributed by atoms with Gasteiger partial charge in [-0.3, -0.25) is 4.79 Å². The summed E-state index contributed by atoms with van der Waals surface area (Å²) in [6, 6.07) is 5.85. The summed E-state index contributed by atoms with van der Waals surface area (Å²) < 4.78 is 18.6. The van der Waals surface area contributed by atoms with Crippen LogP contribution in [0.4, 0.5) is 4.39 Å². The summed E-state index contributed by atoms with van der Waals surface area (Å²) >= 11 is 5.93. The highest BCUT2D eigenvalue weighted by molar-refractivity contribution is 6.32. The number of nitrogens with zero attached hydrogens (tertiary/aromatic N) is 2. The number of carbonyl (C=O) groups excluding carboxylic acids is 1. The number of hydrogen-bond acceptors (Lipinski definition) is 6. The zero-order chi connectivity index (χ0) is 20.0. The number of rotatable bonds is 2. The highest BCUT2D eigenvalue weighted by Crippen LogP contribution is 2.40. The van der Waals surface area contributed by atoms with E-state index in [0.29, 0.717) is 24.2 Å². The molecule has 1 aromatic heterocycles. The lowest BCUT2D eigenvalue weighted by atomic mass is 10.00. The molecule has 0 saturated heterocycles. The van der Waals surface area contributed by atoms with E-state index in [9.17, 15) is 24.5 Å². The largest absolute Gasteiger partial charge is 0.507 e. The number of aromatic nitrogens is 1. The lowest BCUT2D eigenvalue weighted by Gasteiger charge is -2.26. The number of halogens is 2. The van der Waals surface area contributed by atoms with Gasteiger partial charge in [0.25, 0.3) is 5.91 Å². The van der Waals surface area contributed by atoms with Crippen molar-refractivity contribution in [1.29, 1.82) is 0 Å². The van der Waals surface area contributed by atoms with Crippen LogP contribution < -0.4 is 0 Å². The average molecular weight is 405 g/mol. The molecule has 0 atom stereocenters. The summed E-state index contributed by atoms with van der Waals surface area (Å²) in [5.74, 6) is -2.07. The number of fused-ring (bicyclic) bond motifs is 1. The van der Waals surface area contributed by atoms with E-state index in [1.54, 1.807) is 0 Å². The molecule has 144 valence electrons. The minimum absolute atomic E-state index is 0.0310. The first-order valence-corrected chi connectivity index (χ1v) is 8.70. The van der Waals surface area contributed by atoms with Crippen LogP contribution >= 0.6 is 11.6 Å². The molecule has 2 heterocycles. The first-order chi connectivity index (χ1) is 13.3. The second-order valence-corrected chi connectivity index (χ2v) is 6.81. The van der Waals surface area contributed by atoms with E-state index in [1.165, 1.54) is 17.0 Å². The molecule has 0 spiro atoms. The Hall–Kier alpha value is -3.26. The van der Waals surface area contributed by atoms with Crippen LogP contribution in [0.3, 0.4) is 0 Å². The van der Waals surface area contributed by atoms with E-state index in [0.717, 1.165) is 18.2 Å². The van der Waals surface area contributed by atoms with Gasteiger partial charge in [-0.1, -0.05) is 16.8 Å². The Morgan fingerprint density at radius 1 is 1.14 bits per heavy atom. The number of benzene rings is 2. The van der Waals surface area contributed by atoms with E-state index in [4.69, 9.17) is 16.1 Å². The predicted octanol–water partition coefficient (Wildman–Crippen LogP) is 3.45. The van der Waals surface area contributed by atoms with Crippen molar-refractivity contribution in [3.63, 3.8) is 0 Å². The molecule has 1 aliphatic rings. The van der Waals surface area contributed by atoms with Crippen molar-refractivity contribution in [3.8, 4) is 28.6 Å². The van der Waals surface area contributed by atoms with Crippen LogP contribution in [-0.2, 0) is 13.0 Å². The minimum atomic E-state index is -0.807. The molecule has 3 aromatic rings. The molecular weight excluding hydrogens is 391 g/mol. The molecule has 0 saturated carbocycles. The summed E-state index contributed by atoms with van der Waals surface area (Å²) in [6.07, 6.45) is 0.421. The number of amides is 1. The molecule has 9 heteroatoms. The molecule has 0 fully saturated rings. The molecular formula is C19H14ClFN2O5. The van der Waals surface area contributed by atoms with Crippen molar-refractivity contribution in [3.05, 3.63) is 58.0 Å². The predicted molar refractivity (Wildman–Crippen MR) is 96.8 cm³/mol. The lowest BCUT2D eigenvalue weighted by Crippen LogP contribution is -2.35. The van der Waals surface area contributed by atoms with Crippen LogP contribution in [0.1, 0.15) is 21.6 Å². The SMILES string of the molecule is O=C(c1ccc(F)c(O)c1)N1CCc2noc(-c3cc(Cl)c(O)cc3O)c2C1. The maximum Gasteiger partial charge on any atom is 0.254 e. The molecule has 0 unspecified atom stereocenters. The highest BCUT2D eigenvalue weighted by atomic mass is 35.5. The molecule has 3 N–H and O–H groups in total. The minimum Gasteiger partial charge on any atom is -0.507 e. The van der Waals surface area contributed by atoms with E-state index in [2.05, 4.69) is 5.16 Å². The summed E-state index contributed by atoms with van der Waals surface area (Å²) in [5.41, 5.74) is 1.63. The lowest BCUT2D eigenvalue weighted by molar-refractivity contribution is 0.0734. The first kappa shape index (κ1) is 18.1. The molecule has 0 aliphatic carbocycles. The van der Waals surface area contributed by atoms with Crippen molar-refractivity contribution >= 4 is 17.5 Å². The van der Waals surface area contributed by atoms with Crippen LogP contribution in [0, 0.1) is 5.82 Å². The Balaban J connectivity index is 1.67. The number of hydrogen-bond donors (Lipinski definition) is 3. The third-order valence-electron chi connectivity index (χ3n) is 4.63. The quantitative estimate of drug-likeness (QED) is 0.604. The summed E-state index contributed by atoms with van der Waals surface area (Å²) in [4.78, 5) is 14.3. The van der Waals surface area contributed by atoms with Gasteiger partial charge in [0.05, 0.1) is 22.8 Å². The van der Waals surface area contributed by atoms with Gasteiger partial charge in [-0.2, -0.15) is 0 Å². The zero-order valence-electron chi connectivity index (χ0n) is 14.3. The molecule has 0 radical (unpaired) electrons. The Bertz CT molecular complexity index is 1100. The molecule has 4 rings (SSSR count). The van der Waals surface area contributed by atoms with Crippen LogP contribution in [0.5, 0.6) is 17.2 Å². The average Bonchev–Trinajstić information content (AvgIpc) is 3.09. The Morgan fingerprint density at radius 2 is 1.93 bits per heavy atom. The molecule has 28 heavy (non-hydrogen) atoms. The fourth-order valence-corrected chi connectivity index (χ4v) is 3.32. The van der Waals surface area contributed by atoms with E-state index >= 15 is 0 Å². The van der Waals surface area contributed by atoms with Gasteiger partial charge in [0, 0.05) is 30.2 Å². The van der Waals surface area contributed by atoms with Gasteiger partial charge >= 0.3 is 0 Å². The van der Waals surface area contributed by atoms with Crippen LogP contribution in [0.2, 0.25) is 5.02 Å². The fourth-order valence-electron chi connectivity index (χ4n) is 3.16. The zero-order valence-corrected chi connectivity index (χ0v) is 15.1. The normalized spacial score (nSPS) is 13.4. The standard InChI is InChI=1S/C19H14ClFN2O5/c20-12-6-10(15(24)7-16(12)25)18-11-8-23(4-3-14(11)22-28-18)19(27)9-1-2-13(21)17(26)5-9/h1-2,5-7,24-26H,3-4,8H2. The van der Waals surface area contributed by atoms with Crippen molar-refractivity contribution in [2.45, 2.75) is 13.0 Å². The molecule has 0 bridgehead atoms. The van der Waals surface area contributed by atoms with E-state index < -0.39 is 11.6 Å². The molecule has 7 nitrogen and oxygen atoms in total. The van der Waals surface area contributed by atoms with Crippen LogP contribution in [0.25, 0.3) is 11.3 Å². The summed E-state index contributed by atoms with van der Waals surface area (Å²) in [7, 11) is 0. The highest BCUT2D eigenvalue weighted by Gasteiger charge is 2.29. The third-order valence-corrected chi connectivity index (χ3v) is 4.93. The van der Waals surface area contributed by atoms with E-state index in [-0.39, 0.29) is 45.9 Å². The summed E-state index contributed by atoms with van der Waals surface area (Å²) in [5, 5.41) is 33.3. The Labute approximate surface area is 163 Å². The van der Waals surface area contributed by atoms with Gasteiger partial charge in [-0.25, -0.2) is 4.39 Å². The van der Waals surface area contributed by atoms with Crippen molar-refractivity contribution in [2.75, 3.05) is 6.54 Å². The van der Waals surface area contributed by atoms with Gasteiger partial charge in [0.2, 0.25) is 0 Å². The molecule has 2 aromatic carbocycles. The topological polar surface area (TPSA) is 107 Å². The van der Waals surface area contributed by atoms with Crippen molar-refractivity contribution in [1.82, 2.24) is 10.1 Å². The molecule has 1 amide bonds. The van der Waals surface area contributed by atoms with Crippen molar-refractivity contribution < 1.29 is 29.0 Å². The maximum atomic E-state index is 13.3. The number of phenols is 3. The maximum absolute atomic E-state index is 13.3. The fraction of sp³-hybridized carbons (Fsp3) is 0.158. The third kappa shape index (κ3) is 3.01. The van der Waals surface area contributed by atoms with Crippen molar-refractivity contribution in [2.24, 2.45) is 0 Å². The van der Waals surface area contributed by atoms with Gasteiger partial charge in [-0.15, -0.1) is 0 Å². The first-order valence-electron chi connectivity index (χ1n) is 8.32. The molecule has 1 aliphatic heterocycles. The number of phenolic OH excluding ortho intramolecular Hbond substituents is 3. The number of carbonyl (C=O) groups is 1. The monoisotopic (exact) mass is 404 g/mol. The smallest absolute Gasteiger partial charge is 0.254 e. The van der Waals surface area contributed by atoms with Gasteiger partial charge in [0.15, 0.2) is 17.3 Å². The number of aromatic hydroxyl groups is 3. The van der Waals surface area contributed by atoms with Gasteiger partial charge in [-0.05, 0) is 24.3 Å². The van der Waals surface area contributed by atoms with Crippen LogP contribution in [0.15, 0.2) is 34.9 Å². The summed E-state index contributed by atoms with van der Waals surface area (Å²) in [6.45, 7) is 0.501. The Morgan fingerprint density at radius 3 is 2.68 bits per heavy atom. The van der Waals surface area contributed by atoms with Gasteiger partial charge in [0.1, 0.15) is 11.5 Å².